The molecule has 2 aromatic carbocycles. The molecule has 0 spiro atoms. The van der Waals surface area contributed by atoms with E-state index in [0.29, 0.717) is 12.1 Å². The minimum absolute atomic E-state index is 0.162. The van der Waals surface area contributed by atoms with Gasteiger partial charge in [-0.15, -0.1) is 0 Å². The molecule has 0 saturated carbocycles. The first-order chi connectivity index (χ1) is 13.1. The molecule has 1 fully saturated rings. The van der Waals surface area contributed by atoms with Crippen molar-refractivity contribution in [1.82, 2.24) is 4.90 Å². The zero-order valence-electron chi connectivity index (χ0n) is 15.1. The Labute approximate surface area is 157 Å². The van der Waals surface area contributed by atoms with Crippen LogP contribution in [0, 0.1) is 5.82 Å². The first-order valence-corrected chi connectivity index (χ1v) is 9.33. The van der Waals surface area contributed by atoms with E-state index in [4.69, 9.17) is 0 Å². The van der Waals surface area contributed by atoms with Crippen molar-refractivity contribution in [3.63, 3.8) is 0 Å². The summed E-state index contributed by atoms with van der Waals surface area (Å²) in [5.41, 5.74) is 3.22. The fourth-order valence-corrected chi connectivity index (χ4v) is 3.61. The summed E-state index contributed by atoms with van der Waals surface area (Å²) in [4.78, 5) is 28.8. The fraction of sp³-hybridized carbons (Fsp3) is 0.333. The number of amides is 2. The van der Waals surface area contributed by atoms with Crippen molar-refractivity contribution in [1.29, 1.82) is 0 Å². The van der Waals surface area contributed by atoms with Crippen molar-refractivity contribution in [2.24, 2.45) is 0 Å². The van der Waals surface area contributed by atoms with Gasteiger partial charge in [-0.05, 0) is 61.2 Å². The molecule has 0 unspecified atom stereocenters. The molecule has 0 atom stereocenters. The summed E-state index contributed by atoms with van der Waals surface area (Å²) in [7, 11) is 0. The summed E-state index contributed by atoms with van der Waals surface area (Å²) in [6.45, 7) is 2.92. The van der Waals surface area contributed by atoms with E-state index < -0.39 is 0 Å². The summed E-state index contributed by atoms with van der Waals surface area (Å²) in [6, 6.07) is 11.3. The third-order valence-electron chi connectivity index (χ3n) is 5.24. The second-order valence-corrected chi connectivity index (χ2v) is 7.02. The monoisotopic (exact) mass is 367 g/mol. The molecule has 2 heterocycles. The predicted octanol–water partition coefficient (Wildman–Crippen LogP) is 3.06. The van der Waals surface area contributed by atoms with Gasteiger partial charge in [0.15, 0.2) is 0 Å². The number of anilines is 2. The number of likely N-dealkylation sites (tertiary alicyclic amines) is 1. The summed E-state index contributed by atoms with van der Waals surface area (Å²) < 4.78 is 13.1. The lowest BCUT2D eigenvalue weighted by atomic mass is 9.99. The molecular formula is C21H22FN3O2. The molecule has 2 aromatic rings. The maximum atomic E-state index is 13.1. The van der Waals surface area contributed by atoms with E-state index in [1.54, 1.807) is 0 Å². The number of hydrogen-bond acceptors (Lipinski definition) is 3. The molecule has 0 bridgehead atoms. The van der Waals surface area contributed by atoms with Gasteiger partial charge in [0.05, 0.1) is 6.54 Å². The van der Waals surface area contributed by atoms with Crippen molar-refractivity contribution in [2.75, 3.05) is 36.4 Å². The molecule has 1 saturated heterocycles. The van der Waals surface area contributed by atoms with E-state index in [9.17, 15) is 14.0 Å². The Kier molecular flexibility index (Phi) is 4.79. The van der Waals surface area contributed by atoms with E-state index in [2.05, 4.69) is 10.2 Å². The van der Waals surface area contributed by atoms with Crippen LogP contribution in [0.4, 0.5) is 15.8 Å². The van der Waals surface area contributed by atoms with Crippen LogP contribution in [0.3, 0.4) is 0 Å². The average molecular weight is 367 g/mol. The normalized spacial score (nSPS) is 15.7. The van der Waals surface area contributed by atoms with Crippen LogP contribution in [-0.4, -0.2) is 42.9 Å². The second kappa shape index (κ2) is 7.39. The van der Waals surface area contributed by atoms with E-state index in [1.165, 1.54) is 24.3 Å². The van der Waals surface area contributed by atoms with Crippen LogP contribution >= 0.6 is 0 Å². The Hall–Kier alpha value is -2.89. The number of halogens is 1. The number of nitrogens with one attached hydrogen (secondary N) is 1. The molecule has 1 N–H and O–H groups in total. The van der Waals surface area contributed by atoms with Gasteiger partial charge in [-0.2, -0.15) is 0 Å². The van der Waals surface area contributed by atoms with Gasteiger partial charge in [-0.25, -0.2) is 4.39 Å². The van der Waals surface area contributed by atoms with Crippen molar-refractivity contribution in [3.05, 3.63) is 59.4 Å². The summed E-state index contributed by atoms with van der Waals surface area (Å²) in [5.74, 6) is -0.474. The average Bonchev–Trinajstić information content (AvgIpc) is 2.61. The Bertz CT molecular complexity index is 862. The Morgan fingerprint density at radius 3 is 2.48 bits per heavy atom. The molecule has 2 aliphatic rings. The van der Waals surface area contributed by atoms with E-state index >= 15 is 0 Å². The highest BCUT2D eigenvalue weighted by Crippen LogP contribution is 2.33. The lowest BCUT2D eigenvalue weighted by molar-refractivity contribution is -0.133. The molecule has 27 heavy (non-hydrogen) atoms. The molecule has 140 valence electrons. The number of hydrogen-bond donors (Lipinski definition) is 1. The van der Waals surface area contributed by atoms with E-state index in [1.807, 2.05) is 23.1 Å². The number of rotatable bonds is 4. The lowest BCUT2D eigenvalue weighted by Gasteiger charge is -2.36. The molecule has 6 heteroatoms. The summed E-state index contributed by atoms with van der Waals surface area (Å²) in [6.07, 6.45) is 2.87. The quantitative estimate of drug-likeness (QED) is 0.904. The maximum absolute atomic E-state index is 13.1. The Morgan fingerprint density at radius 2 is 1.78 bits per heavy atom. The van der Waals surface area contributed by atoms with Gasteiger partial charge in [-0.1, -0.05) is 6.07 Å². The van der Waals surface area contributed by atoms with Gasteiger partial charge < -0.3 is 15.1 Å². The van der Waals surface area contributed by atoms with E-state index in [0.717, 1.165) is 55.8 Å². The molecule has 0 aromatic heterocycles. The zero-order valence-corrected chi connectivity index (χ0v) is 15.1. The lowest BCUT2D eigenvalue weighted by Crippen LogP contribution is -2.48. The van der Waals surface area contributed by atoms with Gasteiger partial charge in [-0.3, -0.25) is 9.59 Å². The standard InChI is InChI=1S/C21H22FN3O2/c22-16-9-7-15(8-10-16)21(27)23-18-5-1-6-19-17(18)4-2-11-25(19)14-20(26)24-12-3-13-24/h1,5-10H,2-4,11-14H2,(H,23,27). The summed E-state index contributed by atoms with van der Waals surface area (Å²) in [5, 5.41) is 2.94. The third-order valence-corrected chi connectivity index (χ3v) is 5.24. The van der Waals surface area contributed by atoms with Crippen LogP contribution in [0.1, 0.15) is 28.8 Å². The van der Waals surface area contributed by atoms with Gasteiger partial charge in [0.1, 0.15) is 5.82 Å². The Balaban J connectivity index is 1.53. The topological polar surface area (TPSA) is 52.7 Å². The number of carbonyl (C=O) groups is 2. The van der Waals surface area contributed by atoms with Crippen molar-refractivity contribution < 1.29 is 14.0 Å². The van der Waals surface area contributed by atoms with Crippen LogP contribution in [0.2, 0.25) is 0 Å². The number of fused-ring (bicyclic) bond motifs is 1. The molecule has 5 nitrogen and oxygen atoms in total. The highest BCUT2D eigenvalue weighted by Gasteiger charge is 2.26. The molecule has 2 aliphatic heterocycles. The smallest absolute Gasteiger partial charge is 0.255 e. The SMILES string of the molecule is O=C(Nc1cccc2c1CCCN2CC(=O)N1CCC1)c1ccc(F)cc1. The van der Waals surface area contributed by atoms with Crippen molar-refractivity contribution in [2.45, 2.75) is 19.3 Å². The summed E-state index contributed by atoms with van der Waals surface area (Å²) >= 11 is 0. The highest BCUT2D eigenvalue weighted by molar-refractivity contribution is 6.05. The first kappa shape index (κ1) is 17.5. The second-order valence-electron chi connectivity index (χ2n) is 7.02. The minimum Gasteiger partial charge on any atom is -0.362 e. The predicted molar refractivity (Wildman–Crippen MR) is 103 cm³/mol. The number of nitrogens with zero attached hydrogens (tertiary/aromatic N) is 2. The van der Waals surface area contributed by atoms with Crippen LogP contribution in [-0.2, 0) is 11.2 Å². The minimum atomic E-state index is -0.369. The Morgan fingerprint density at radius 1 is 1.00 bits per heavy atom. The van der Waals surface area contributed by atoms with Crippen LogP contribution < -0.4 is 10.2 Å². The number of benzene rings is 2. The molecule has 2 amide bonds. The van der Waals surface area contributed by atoms with Gasteiger partial charge in [0.25, 0.3) is 5.91 Å². The van der Waals surface area contributed by atoms with Crippen LogP contribution in [0.25, 0.3) is 0 Å². The third kappa shape index (κ3) is 3.65. The van der Waals surface area contributed by atoms with Crippen LogP contribution in [0.15, 0.2) is 42.5 Å². The van der Waals surface area contributed by atoms with Crippen molar-refractivity contribution >= 4 is 23.2 Å². The van der Waals surface area contributed by atoms with Crippen LogP contribution in [0.5, 0.6) is 0 Å². The number of carbonyl (C=O) groups excluding carboxylic acids is 2. The molecule has 0 aliphatic carbocycles. The fourth-order valence-electron chi connectivity index (χ4n) is 3.61. The molecular weight excluding hydrogens is 345 g/mol. The van der Waals surface area contributed by atoms with E-state index in [-0.39, 0.29) is 17.6 Å². The van der Waals surface area contributed by atoms with Gasteiger partial charge >= 0.3 is 0 Å². The van der Waals surface area contributed by atoms with Gasteiger partial charge in [0, 0.05) is 36.6 Å². The first-order valence-electron chi connectivity index (χ1n) is 9.33. The zero-order chi connectivity index (χ0) is 18.8. The maximum Gasteiger partial charge on any atom is 0.255 e. The van der Waals surface area contributed by atoms with Gasteiger partial charge in [0.2, 0.25) is 5.91 Å². The highest BCUT2D eigenvalue weighted by atomic mass is 19.1. The molecule has 4 rings (SSSR count). The largest absolute Gasteiger partial charge is 0.362 e. The molecule has 0 radical (unpaired) electrons. The van der Waals surface area contributed by atoms with Crippen molar-refractivity contribution in [3.8, 4) is 0 Å².